The highest BCUT2D eigenvalue weighted by Gasteiger charge is 2.20. The highest BCUT2D eigenvalue weighted by molar-refractivity contribution is 9.10. The molecule has 0 saturated carbocycles. The van der Waals surface area contributed by atoms with Gasteiger partial charge in [-0.2, -0.15) is 0 Å². The van der Waals surface area contributed by atoms with Crippen LogP contribution in [0.3, 0.4) is 0 Å². The van der Waals surface area contributed by atoms with Gasteiger partial charge in [-0.05, 0) is 38.1 Å². The molecule has 0 aliphatic rings. The van der Waals surface area contributed by atoms with Gasteiger partial charge in [0.2, 0.25) is 0 Å². The summed E-state index contributed by atoms with van der Waals surface area (Å²) in [5.74, 6) is -1.00. The Bertz CT molecular complexity index is 432. The first-order valence-electron chi connectivity index (χ1n) is 5.35. The average Bonchev–Trinajstić information content (AvgIpc) is 2.31. The van der Waals surface area contributed by atoms with Gasteiger partial charge in [-0.25, -0.2) is 0 Å². The first kappa shape index (κ1) is 14.5. The van der Waals surface area contributed by atoms with Crippen LogP contribution in [-0.4, -0.2) is 29.1 Å². The molecule has 0 saturated heterocycles. The molecule has 0 fully saturated rings. The lowest BCUT2D eigenvalue weighted by Gasteiger charge is -2.16. The zero-order valence-electron chi connectivity index (χ0n) is 10.0. The van der Waals surface area contributed by atoms with Crippen LogP contribution < -0.4 is 10.1 Å². The van der Waals surface area contributed by atoms with E-state index >= 15 is 0 Å². The second-order valence-corrected chi connectivity index (χ2v) is 4.70. The number of carboxylic acids is 1. The maximum Gasteiger partial charge on any atom is 0.325 e. The van der Waals surface area contributed by atoms with Crippen molar-refractivity contribution in [3.63, 3.8) is 0 Å². The Morgan fingerprint density at radius 2 is 1.83 bits per heavy atom. The fraction of sp³-hybridized carbons (Fsp3) is 0.333. The minimum atomic E-state index is -1.08. The van der Waals surface area contributed by atoms with Crippen LogP contribution in [-0.2, 0) is 9.59 Å². The number of carboxylic acid groups (broad SMARTS) is 1. The highest BCUT2D eigenvalue weighted by atomic mass is 79.9. The number of ether oxygens (including phenoxy) is 1. The minimum absolute atomic E-state index is 0.465. The first-order chi connectivity index (χ1) is 8.40. The van der Waals surface area contributed by atoms with Gasteiger partial charge >= 0.3 is 5.97 Å². The van der Waals surface area contributed by atoms with Crippen molar-refractivity contribution >= 4 is 27.8 Å². The summed E-state index contributed by atoms with van der Waals surface area (Å²) < 4.78 is 6.29. The topological polar surface area (TPSA) is 75.6 Å². The van der Waals surface area contributed by atoms with E-state index in [0.29, 0.717) is 5.75 Å². The minimum Gasteiger partial charge on any atom is -0.481 e. The molecule has 0 heterocycles. The molecule has 6 heteroatoms. The van der Waals surface area contributed by atoms with Gasteiger partial charge in [0.25, 0.3) is 5.91 Å². The molecule has 0 aromatic heterocycles. The fourth-order valence-electron chi connectivity index (χ4n) is 1.16. The molecule has 0 spiro atoms. The lowest BCUT2D eigenvalue weighted by molar-refractivity contribution is -0.142. The van der Waals surface area contributed by atoms with E-state index in [1.54, 1.807) is 31.2 Å². The van der Waals surface area contributed by atoms with E-state index in [9.17, 15) is 9.59 Å². The third-order valence-electron chi connectivity index (χ3n) is 2.22. The van der Waals surface area contributed by atoms with Crippen molar-refractivity contribution < 1.29 is 19.4 Å². The number of hydrogen-bond donors (Lipinski definition) is 2. The zero-order valence-corrected chi connectivity index (χ0v) is 11.6. The van der Waals surface area contributed by atoms with Crippen LogP contribution in [0.25, 0.3) is 0 Å². The van der Waals surface area contributed by atoms with Gasteiger partial charge < -0.3 is 15.2 Å². The number of carbonyl (C=O) groups excluding carboxylic acids is 1. The van der Waals surface area contributed by atoms with Gasteiger partial charge in [-0.15, -0.1) is 0 Å². The molecule has 5 nitrogen and oxygen atoms in total. The Balaban J connectivity index is 2.54. The van der Waals surface area contributed by atoms with Gasteiger partial charge in [0.1, 0.15) is 11.8 Å². The van der Waals surface area contributed by atoms with Crippen molar-refractivity contribution in [1.82, 2.24) is 5.32 Å². The van der Waals surface area contributed by atoms with Crippen LogP contribution in [0.2, 0.25) is 0 Å². The molecule has 98 valence electrons. The van der Waals surface area contributed by atoms with Crippen molar-refractivity contribution in [2.24, 2.45) is 0 Å². The standard InChI is InChI=1S/C12H14BrNO4/c1-7(12(16)17)14-11(15)8(2)18-10-5-3-9(13)4-6-10/h3-8H,1-2H3,(H,14,15)(H,16,17)/t7-,8?/m0/s1. The number of carbonyl (C=O) groups is 2. The van der Waals surface area contributed by atoms with Crippen molar-refractivity contribution in [1.29, 1.82) is 0 Å². The quantitative estimate of drug-likeness (QED) is 0.869. The molecule has 0 radical (unpaired) electrons. The molecule has 0 aliphatic carbocycles. The van der Waals surface area contributed by atoms with Crippen molar-refractivity contribution in [3.05, 3.63) is 28.7 Å². The van der Waals surface area contributed by atoms with Crippen LogP contribution in [0.5, 0.6) is 5.75 Å². The van der Waals surface area contributed by atoms with Crippen molar-refractivity contribution in [2.45, 2.75) is 26.0 Å². The number of aliphatic carboxylic acids is 1. The molecule has 1 amide bonds. The average molecular weight is 316 g/mol. The van der Waals surface area contributed by atoms with Crippen molar-refractivity contribution in [3.8, 4) is 5.75 Å². The smallest absolute Gasteiger partial charge is 0.325 e. The number of rotatable bonds is 5. The number of nitrogens with one attached hydrogen (secondary N) is 1. The molecule has 1 rings (SSSR count). The molecule has 1 aromatic carbocycles. The summed E-state index contributed by atoms with van der Waals surface area (Å²) in [5.41, 5.74) is 0. The predicted molar refractivity (Wildman–Crippen MR) is 69.5 cm³/mol. The van der Waals surface area contributed by atoms with Gasteiger partial charge in [-0.1, -0.05) is 15.9 Å². The maximum absolute atomic E-state index is 11.6. The van der Waals surface area contributed by atoms with Gasteiger partial charge in [0.05, 0.1) is 0 Å². The summed E-state index contributed by atoms with van der Waals surface area (Å²) >= 11 is 3.29. The van der Waals surface area contributed by atoms with Gasteiger partial charge in [0.15, 0.2) is 6.10 Å². The van der Waals surface area contributed by atoms with E-state index in [2.05, 4.69) is 21.2 Å². The predicted octanol–water partition coefficient (Wildman–Crippen LogP) is 1.81. The third-order valence-corrected chi connectivity index (χ3v) is 2.75. The number of benzene rings is 1. The first-order valence-corrected chi connectivity index (χ1v) is 6.15. The Hall–Kier alpha value is -1.56. The molecule has 18 heavy (non-hydrogen) atoms. The largest absolute Gasteiger partial charge is 0.481 e. The lowest BCUT2D eigenvalue weighted by Crippen LogP contribution is -2.44. The monoisotopic (exact) mass is 315 g/mol. The molecule has 0 bridgehead atoms. The summed E-state index contributed by atoms with van der Waals surface area (Å²) in [6.45, 7) is 2.96. The van der Waals surface area contributed by atoms with Crippen LogP contribution >= 0.6 is 15.9 Å². The molecule has 2 atom stereocenters. The van der Waals surface area contributed by atoms with E-state index in [1.807, 2.05) is 0 Å². The zero-order chi connectivity index (χ0) is 13.7. The van der Waals surface area contributed by atoms with E-state index in [0.717, 1.165) is 4.47 Å². The normalized spacial score (nSPS) is 13.5. The Morgan fingerprint density at radius 1 is 1.28 bits per heavy atom. The second kappa shape index (κ2) is 6.39. The van der Waals surface area contributed by atoms with Crippen LogP contribution in [0.15, 0.2) is 28.7 Å². The molecular formula is C12H14BrNO4. The van der Waals surface area contributed by atoms with E-state index in [1.165, 1.54) is 6.92 Å². The summed E-state index contributed by atoms with van der Waals surface area (Å²) in [5, 5.41) is 11.0. The summed E-state index contributed by atoms with van der Waals surface area (Å²) in [4.78, 5) is 22.2. The molecule has 1 aromatic rings. The Labute approximate surface area is 113 Å². The SMILES string of the molecule is CC(Oc1ccc(Br)cc1)C(=O)N[C@@H](C)C(=O)O. The summed E-state index contributed by atoms with van der Waals surface area (Å²) in [6.07, 6.45) is -0.757. The van der Waals surface area contributed by atoms with E-state index in [-0.39, 0.29) is 0 Å². The number of hydrogen-bond acceptors (Lipinski definition) is 3. The summed E-state index contributed by atoms with van der Waals surface area (Å²) in [7, 11) is 0. The third kappa shape index (κ3) is 4.37. The summed E-state index contributed by atoms with van der Waals surface area (Å²) in [6, 6.07) is 6.08. The molecule has 2 N–H and O–H groups in total. The van der Waals surface area contributed by atoms with E-state index < -0.39 is 24.0 Å². The maximum atomic E-state index is 11.6. The van der Waals surface area contributed by atoms with Crippen molar-refractivity contribution in [2.75, 3.05) is 0 Å². The highest BCUT2D eigenvalue weighted by Crippen LogP contribution is 2.17. The molecule has 1 unspecified atom stereocenters. The van der Waals surface area contributed by atoms with Crippen LogP contribution in [0.1, 0.15) is 13.8 Å². The van der Waals surface area contributed by atoms with E-state index in [4.69, 9.17) is 9.84 Å². The second-order valence-electron chi connectivity index (χ2n) is 3.78. The van der Waals surface area contributed by atoms with Crippen LogP contribution in [0.4, 0.5) is 0 Å². The lowest BCUT2D eigenvalue weighted by atomic mass is 10.3. The molecule has 0 aliphatic heterocycles. The number of amides is 1. The van der Waals surface area contributed by atoms with Gasteiger partial charge in [0, 0.05) is 4.47 Å². The number of halogens is 1. The van der Waals surface area contributed by atoms with Gasteiger partial charge in [-0.3, -0.25) is 9.59 Å². The molecular weight excluding hydrogens is 302 g/mol. The van der Waals surface area contributed by atoms with Crippen LogP contribution in [0, 0.1) is 0 Å². The Kier molecular flexibility index (Phi) is 5.15. The Morgan fingerprint density at radius 3 is 2.33 bits per heavy atom. The fourth-order valence-corrected chi connectivity index (χ4v) is 1.43.